The highest BCUT2D eigenvalue weighted by Gasteiger charge is 2.21. The van der Waals surface area contributed by atoms with Crippen LogP contribution >= 0.6 is 0 Å². The number of hydrogen-bond acceptors (Lipinski definition) is 5. The average molecular weight is 396 g/mol. The van der Waals surface area contributed by atoms with E-state index in [2.05, 4.69) is 26.5 Å². The number of benzene rings is 2. The van der Waals surface area contributed by atoms with E-state index in [9.17, 15) is 9.59 Å². The molecule has 0 unspecified atom stereocenters. The smallest absolute Gasteiger partial charge is 0.251 e. The SMILES string of the molecule is CCOc1ccccc1N1CCN(CC(=O)Nc2cccc(C(=O)NC)c2)CC1. The van der Waals surface area contributed by atoms with Crippen molar-refractivity contribution < 1.29 is 14.3 Å². The Morgan fingerprint density at radius 2 is 1.79 bits per heavy atom. The van der Waals surface area contributed by atoms with E-state index >= 15 is 0 Å². The van der Waals surface area contributed by atoms with Gasteiger partial charge in [0.2, 0.25) is 5.91 Å². The molecule has 0 atom stereocenters. The van der Waals surface area contributed by atoms with Gasteiger partial charge in [0.1, 0.15) is 5.75 Å². The minimum Gasteiger partial charge on any atom is -0.492 e. The summed E-state index contributed by atoms with van der Waals surface area (Å²) < 4.78 is 5.73. The fourth-order valence-corrected chi connectivity index (χ4v) is 3.43. The second kappa shape index (κ2) is 9.93. The summed E-state index contributed by atoms with van der Waals surface area (Å²) in [4.78, 5) is 28.6. The molecule has 2 aromatic carbocycles. The average Bonchev–Trinajstić information content (AvgIpc) is 2.74. The standard InChI is InChI=1S/C22H28N4O3/c1-3-29-20-10-5-4-9-19(20)26-13-11-25(12-14-26)16-21(27)24-18-8-6-7-17(15-18)22(28)23-2/h4-10,15H,3,11-14,16H2,1-2H3,(H,23,28)(H,24,27). The highest BCUT2D eigenvalue weighted by molar-refractivity contribution is 5.97. The minimum absolute atomic E-state index is 0.0813. The van der Waals surface area contributed by atoms with E-state index in [1.165, 1.54) is 0 Å². The van der Waals surface area contributed by atoms with Gasteiger partial charge >= 0.3 is 0 Å². The Bertz CT molecular complexity index is 847. The summed E-state index contributed by atoms with van der Waals surface area (Å²) in [6.45, 7) is 6.21. The van der Waals surface area contributed by atoms with Gasteiger partial charge in [0.05, 0.1) is 18.8 Å². The maximum atomic E-state index is 12.4. The van der Waals surface area contributed by atoms with Gasteiger partial charge in [-0.15, -0.1) is 0 Å². The lowest BCUT2D eigenvalue weighted by Crippen LogP contribution is -2.48. The lowest BCUT2D eigenvalue weighted by Gasteiger charge is -2.36. The van der Waals surface area contributed by atoms with Crippen molar-refractivity contribution in [2.24, 2.45) is 0 Å². The quantitative estimate of drug-likeness (QED) is 0.751. The second-order valence-electron chi connectivity index (χ2n) is 6.87. The number of rotatable bonds is 7. The van der Waals surface area contributed by atoms with Crippen molar-refractivity contribution in [3.8, 4) is 5.75 Å². The molecule has 29 heavy (non-hydrogen) atoms. The molecule has 2 aromatic rings. The van der Waals surface area contributed by atoms with E-state index < -0.39 is 0 Å². The minimum atomic E-state index is -0.176. The summed E-state index contributed by atoms with van der Waals surface area (Å²) in [6, 6.07) is 15.0. The summed E-state index contributed by atoms with van der Waals surface area (Å²) >= 11 is 0. The first-order valence-corrected chi connectivity index (χ1v) is 9.92. The molecule has 0 spiro atoms. The number of carbonyl (C=O) groups is 2. The van der Waals surface area contributed by atoms with Crippen LogP contribution in [0.4, 0.5) is 11.4 Å². The van der Waals surface area contributed by atoms with Crippen molar-refractivity contribution in [1.29, 1.82) is 0 Å². The summed E-state index contributed by atoms with van der Waals surface area (Å²) in [5.41, 5.74) is 2.25. The summed E-state index contributed by atoms with van der Waals surface area (Å²) in [7, 11) is 1.58. The van der Waals surface area contributed by atoms with Crippen molar-refractivity contribution in [2.75, 3.05) is 56.6 Å². The molecule has 0 bridgehead atoms. The molecule has 7 heteroatoms. The molecule has 1 saturated heterocycles. The van der Waals surface area contributed by atoms with Gasteiger partial charge in [0, 0.05) is 44.5 Å². The monoisotopic (exact) mass is 396 g/mol. The van der Waals surface area contributed by atoms with Crippen LogP contribution in [0.3, 0.4) is 0 Å². The molecule has 154 valence electrons. The molecular weight excluding hydrogens is 368 g/mol. The molecule has 3 rings (SSSR count). The van der Waals surface area contributed by atoms with Gasteiger partial charge in [-0.25, -0.2) is 0 Å². The molecule has 0 aromatic heterocycles. The molecular formula is C22H28N4O3. The third kappa shape index (κ3) is 5.48. The molecule has 2 amide bonds. The predicted octanol–water partition coefficient (Wildman–Crippen LogP) is 2.21. The molecule has 0 radical (unpaired) electrons. The van der Waals surface area contributed by atoms with Crippen LogP contribution in [0.1, 0.15) is 17.3 Å². The number of amides is 2. The van der Waals surface area contributed by atoms with Crippen LogP contribution in [0.2, 0.25) is 0 Å². The number of para-hydroxylation sites is 2. The fourth-order valence-electron chi connectivity index (χ4n) is 3.43. The van der Waals surface area contributed by atoms with Gasteiger partial charge in [-0.2, -0.15) is 0 Å². The van der Waals surface area contributed by atoms with Crippen LogP contribution < -0.4 is 20.3 Å². The zero-order valence-electron chi connectivity index (χ0n) is 17.0. The fraction of sp³-hybridized carbons (Fsp3) is 0.364. The van der Waals surface area contributed by atoms with Crippen molar-refractivity contribution in [3.63, 3.8) is 0 Å². The Kier molecular flexibility index (Phi) is 7.08. The van der Waals surface area contributed by atoms with Gasteiger partial charge < -0.3 is 20.3 Å². The second-order valence-corrected chi connectivity index (χ2v) is 6.87. The molecule has 1 aliphatic rings. The largest absolute Gasteiger partial charge is 0.492 e. The first kappa shape index (κ1) is 20.7. The topological polar surface area (TPSA) is 73.9 Å². The van der Waals surface area contributed by atoms with Gasteiger partial charge in [-0.3, -0.25) is 14.5 Å². The van der Waals surface area contributed by atoms with Crippen molar-refractivity contribution in [2.45, 2.75) is 6.92 Å². The molecule has 0 saturated carbocycles. The highest BCUT2D eigenvalue weighted by Crippen LogP contribution is 2.28. The Balaban J connectivity index is 1.52. The van der Waals surface area contributed by atoms with E-state index in [1.54, 1.807) is 31.3 Å². The van der Waals surface area contributed by atoms with Gasteiger partial charge in [-0.05, 0) is 37.3 Å². The lowest BCUT2D eigenvalue weighted by molar-refractivity contribution is -0.117. The number of anilines is 2. The Labute approximate surface area is 171 Å². The van der Waals surface area contributed by atoms with Crippen molar-refractivity contribution in [3.05, 3.63) is 54.1 Å². The number of piperazine rings is 1. The number of ether oxygens (including phenoxy) is 1. The van der Waals surface area contributed by atoms with Crippen LogP contribution in [0.15, 0.2) is 48.5 Å². The lowest BCUT2D eigenvalue weighted by atomic mass is 10.2. The summed E-state index contributed by atoms with van der Waals surface area (Å²) in [6.07, 6.45) is 0. The van der Waals surface area contributed by atoms with E-state index in [-0.39, 0.29) is 11.8 Å². The van der Waals surface area contributed by atoms with E-state index in [4.69, 9.17) is 4.74 Å². The number of nitrogens with zero attached hydrogens (tertiary/aromatic N) is 2. The Morgan fingerprint density at radius 1 is 1.03 bits per heavy atom. The number of hydrogen-bond donors (Lipinski definition) is 2. The molecule has 0 aliphatic carbocycles. The van der Waals surface area contributed by atoms with Crippen molar-refractivity contribution in [1.82, 2.24) is 10.2 Å². The summed E-state index contributed by atoms with van der Waals surface area (Å²) in [5, 5.41) is 5.47. The Hall–Kier alpha value is -3.06. The van der Waals surface area contributed by atoms with E-state index in [0.717, 1.165) is 37.6 Å². The molecule has 7 nitrogen and oxygen atoms in total. The maximum Gasteiger partial charge on any atom is 0.251 e. The third-order valence-corrected chi connectivity index (χ3v) is 4.88. The molecule has 1 fully saturated rings. The van der Waals surface area contributed by atoms with Gasteiger partial charge in [0.25, 0.3) is 5.91 Å². The normalized spacial score (nSPS) is 14.3. The van der Waals surface area contributed by atoms with E-state index in [1.807, 2.05) is 25.1 Å². The van der Waals surface area contributed by atoms with Gasteiger partial charge in [0.15, 0.2) is 0 Å². The number of carbonyl (C=O) groups excluding carboxylic acids is 2. The van der Waals surface area contributed by atoms with Crippen LogP contribution in [-0.4, -0.2) is 63.1 Å². The molecule has 1 aliphatic heterocycles. The first-order valence-electron chi connectivity index (χ1n) is 9.92. The highest BCUT2D eigenvalue weighted by atomic mass is 16.5. The molecule has 1 heterocycles. The predicted molar refractivity (Wildman–Crippen MR) is 115 cm³/mol. The van der Waals surface area contributed by atoms with Crippen LogP contribution in [0, 0.1) is 0 Å². The third-order valence-electron chi connectivity index (χ3n) is 4.88. The first-order chi connectivity index (χ1) is 14.1. The Morgan fingerprint density at radius 3 is 2.52 bits per heavy atom. The van der Waals surface area contributed by atoms with Gasteiger partial charge in [-0.1, -0.05) is 18.2 Å². The summed E-state index contributed by atoms with van der Waals surface area (Å²) in [5.74, 6) is 0.643. The zero-order chi connectivity index (χ0) is 20.6. The van der Waals surface area contributed by atoms with Crippen LogP contribution in [-0.2, 0) is 4.79 Å². The molecule has 2 N–H and O–H groups in total. The van der Waals surface area contributed by atoms with Crippen molar-refractivity contribution >= 4 is 23.2 Å². The van der Waals surface area contributed by atoms with Crippen LogP contribution in [0.25, 0.3) is 0 Å². The van der Waals surface area contributed by atoms with Crippen LogP contribution in [0.5, 0.6) is 5.75 Å². The maximum absolute atomic E-state index is 12.4. The van der Waals surface area contributed by atoms with E-state index in [0.29, 0.717) is 24.4 Å². The zero-order valence-corrected chi connectivity index (χ0v) is 17.0. The number of nitrogens with one attached hydrogen (secondary N) is 2.